The molecule has 1 rings (SSSR count). The summed E-state index contributed by atoms with van der Waals surface area (Å²) in [6.45, 7) is 0. The molecule has 12 heavy (non-hydrogen) atoms. The zero-order valence-corrected chi connectivity index (χ0v) is 7.64. The van der Waals surface area contributed by atoms with E-state index in [0.29, 0.717) is 5.02 Å². The molecule has 0 saturated heterocycles. The van der Waals surface area contributed by atoms with Crippen molar-refractivity contribution in [3.05, 3.63) is 23.2 Å². The Hall–Kier alpha value is -0.415. The van der Waals surface area contributed by atoms with E-state index in [9.17, 15) is 0 Å². The molecule has 0 saturated carbocycles. The summed E-state index contributed by atoms with van der Waals surface area (Å²) in [4.78, 5) is 0. The minimum atomic E-state index is -1.53. The molecule has 3 nitrogen and oxygen atoms in total. The summed E-state index contributed by atoms with van der Waals surface area (Å²) in [5, 5.41) is 17.9. The summed E-state index contributed by atoms with van der Waals surface area (Å²) < 4.78 is 0. The Morgan fingerprint density at radius 3 is 2.33 bits per heavy atom. The molecular formula is C6H8BCl2NO2. The number of rotatable bonds is 1. The van der Waals surface area contributed by atoms with E-state index in [2.05, 4.69) is 0 Å². The molecule has 1 aromatic carbocycles. The van der Waals surface area contributed by atoms with Crippen LogP contribution in [-0.2, 0) is 0 Å². The van der Waals surface area contributed by atoms with Gasteiger partial charge in [-0.05, 0) is 12.1 Å². The van der Waals surface area contributed by atoms with Gasteiger partial charge in [0.05, 0.1) is 0 Å². The number of nitrogens with two attached hydrogens (primary N) is 1. The molecule has 0 aromatic heterocycles. The van der Waals surface area contributed by atoms with Crippen LogP contribution in [0.1, 0.15) is 0 Å². The third kappa shape index (κ3) is 2.57. The van der Waals surface area contributed by atoms with Crippen molar-refractivity contribution in [2.24, 2.45) is 0 Å². The van der Waals surface area contributed by atoms with Gasteiger partial charge in [-0.1, -0.05) is 17.7 Å². The molecule has 0 atom stereocenters. The van der Waals surface area contributed by atoms with Crippen LogP contribution in [0.3, 0.4) is 0 Å². The van der Waals surface area contributed by atoms with Crippen molar-refractivity contribution >= 4 is 42.3 Å². The molecule has 0 spiro atoms. The van der Waals surface area contributed by atoms with E-state index in [1.54, 1.807) is 6.07 Å². The lowest BCUT2D eigenvalue weighted by Gasteiger charge is -2.03. The number of halogens is 2. The molecule has 0 heterocycles. The highest BCUT2D eigenvalue weighted by atomic mass is 35.5. The van der Waals surface area contributed by atoms with Crippen LogP contribution < -0.4 is 11.2 Å². The number of anilines is 1. The van der Waals surface area contributed by atoms with Crippen LogP contribution in [0.4, 0.5) is 5.69 Å². The number of nitrogen functional groups attached to an aromatic ring is 1. The smallest absolute Gasteiger partial charge is 0.423 e. The molecule has 0 aliphatic heterocycles. The molecule has 66 valence electrons. The minimum absolute atomic E-state index is 0. The first-order valence-electron chi connectivity index (χ1n) is 3.02. The Balaban J connectivity index is 0.00000121. The number of hydrogen-bond donors (Lipinski definition) is 3. The van der Waals surface area contributed by atoms with Crippen LogP contribution in [0.15, 0.2) is 18.2 Å². The molecule has 6 heteroatoms. The van der Waals surface area contributed by atoms with Gasteiger partial charge in [-0.15, -0.1) is 12.4 Å². The summed E-state index contributed by atoms with van der Waals surface area (Å²) in [5.41, 5.74) is 5.98. The normalized spacial score (nSPS) is 8.92. The van der Waals surface area contributed by atoms with E-state index in [-0.39, 0.29) is 23.6 Å². The zero-order chi connectivity index (χ0) is 8.43. The van der Waals surface area contributed by atoms with E-state index in [0.717, 1.165) is 0 Å². The largest absolute Gasteiger partial charge is 0.490 e. The Labute approximate surface area is 81.7 Å². The molecule has 1 aromatic rings. The minimum Gasteiger partial charge on any atom is -0.423 e. The highest BCUT2D eigenvalue weighted by Gasteiger charge is 2.13. The monoisotopic (exact) mass is 207 g/mol. The fourth-order valence-corrected chi connectivity index (χ4v) is 0.961. The van der Waals surface area contributed by atoms with Crippen LogP contribution in [0, 0.1) is 0 Å². The van der Waals surface area contributed by atoms with Gasteiger partial charge in [0.1, 0.15) is 0 Å². The van der Waals surface area contributed by atoms with Gasteiger partial charge in [-0.3, -0.25) is 0 Å². The molecule has 0 bridgehead atoms. The lowest BCUT2D eigenvalue weighted by Crippen LogP contribution is -2.32. The molecule has 0 radical (unpaired) electrons. The number of benzene rings is 1. The van der Waals surface area contributed by atoms with Crippen LogP contribution in [0.5, 0.6) is 0 Å². The van der Waals surface area contributed by atoms with Gasteiger partial charge in [0, 0.05) is 16.2 Å². The van der Waals surface area contributed by atoms with Crippen LogP contribution in [-0.4, -0.2) is 17.2 Å². The Morgan fingerprint density at radius 2 is 1.92 bits per heavy atom. The molecule has 0 fully saturated rings. The highest BCUT2D eigenvalue weighted by molar-refractivity contribution is 6.60. The Bertz CT molecular complexity index is 270. The molecule has 0 amide bonds. The van der Waals surface area contributed by atoms with Crippen LogP contribution in [0.2, 0.25) is 5.02 Å². The predicted octanol–water partition coefficient (Wildman–Crippen LogP) is 0.0238. The Kier molecular flexibility index (Phi) is 4.41. The first-order valence-corrected chi connectivity index (χ1v) is 3.40. The average molecular weight is 208 g/mol. The summed E-state index contributed by atoms with van der Waals surface area (Å²) in [7, 11) is -1.53. The van der Waals surface area contributed by atoms with Gasteiger partial charge in [-0.2, -0.15) is 0 Å². The first-order chi connectivity index (χ1) is 5.11. The quantitative estimate of drug-likeness (QED) is 0.450. The Morgan fingerprint density at radius 1 is 1.33 bits per heavy atom. The van der Waals surface area contributed by atoms with Crippen molar-refractivity contribution in [3.63, 3.8) is 0 Å². The van der Waals surface area contributed by atoms with Crippen molar-refractivity contribution in [1.82, 2.24) is 0 Å². The molecule has 0 unspecified atom stereocenters. The zero-order valence-electron chi connectivity index (χ0n) is 6.07. The van der Waals surface area contributed by atoms with Crippen LogP contribution >= 0.6 is 24.0 Å². The van der Waals surface area contributed by atoms with Gasteiger partial charge < -0.3 is 15.8 Å². The fourth-order valence-electron chi connectivity index (χ4n) is 0.781. The van der Waals surface area contributed by atoms with Gasteiger partial charge in [-0.25, -0.2) is 0 Å². The van der Waals surface area contributed by atoms with E-state index >= 15 is 0 Å². The molecule has 0 aliphatic carbocycles. The maximum atomic E-state index is 8.73. The first kappa shape index (κ1) is 11.6. The third-order valence-electron chi connectivity index (χ3n) is 1.33. The second kappa shape index (κ2) is 4.57. The fraction of sp³-hybridized carbons (Fsp3) is 0. The molecule has 0 aliphatic rings. The SMILES string of the molecule is Cl.Nc1cc(Cl)ccc1B(O)O. The highest BCUT2D eigenvalue weighted by Crippen LogP contribution is 2.10. The third-order valence-corrected chi connectivity index (χ3v) is 1.56. The summed E-state index contributed by atoms with van der Waals surface area (Å²) in [6.07, 6.45) is 0. The van der Waals surface area contributed by atoms with Crippen molar-refractivity contribution in [2.75, 3.05) is 5.73 Å². The van der Waals surface area contributed by atoms with E-state index in [1.165, 1.54) is 12.1 Å². The average Bonchev–Trinajstić information content (AvgIpc) is 1.85. The predicted molar refractivity (Wildman–Crippen MR) is 52.9 cm³/mol. The van der Waals surface area contributed by atoms with Crippen LogP contribution in [0.25, 0.3) is 0 Å². The van der Waals surface area contributed by atoms with Crippen molar-refractivity contribution in [1.29, 1.82) is 0 Å². The van der Waals surface area contributed by atoms with Gasteiger partial charge in [0.15, 0.2) is 0 Å². The standard InChI is InChI=1S/C6H7BClNO2.ClH/c8-4-1-2-5(7(10)11)6(9)3-4;/h1-3,10-11H,9H2;1H. The molecular weight excluding hydrogens is 200 g/mol. The van der Waals surface area contributed by atoms with E-state index < -0.39 is 7.12 Å². The summed E-state index contributed by atoms with van der Waals surface area (Å²) in [6, 6.07) is 4.49. The van der Waals surface area contributed by atoms with Crippen molar-refractivity contribution in [2.45, 2.75) is 0 Å². The van der Waals surface area contributed by atoms with Crippen molar-refractivity contribution < 1.29 is 10.0 Å². The van der Waals surface area contributed by atoms with Gasteiger partial charge >= 0.3 is 7.12 Å². The lowest BCUT2D eigenvalue weighted by atomic mass is 9.79. The lowest BCUT2D eigenvalue weighted by molar-refractivity contribution is 0.426. The van der Waals surface area contributed by atoms with Gasteiger partial charge in [0.25, 0.3) is 0 Å². The molecule has 4 N–H and O–H groups in total. The summed E-state index contributed by atoms with van der Waals surface area (Å²) >= 11 is 5.58. The van der Waals surface area contributed by atoms with E-state index in [4.69, 9.17) is 27.4 Å². The second-order valence-corrected chi connectivity index (χ2v) is 2.58. The van der Waals surface area contributed by atoms with Gasteiger partial charge in [0.2, 0.25) is 0 Å². The number of hydrogen-bond acceptors (Lipinski definition) is 3. The topological polar surface area (TPSA) is 66.5 Å². The second-order valence-electron chi connectivity index (χ2n) is 2.15. The summed E-state index contributed by atoms with van der Waals surface area (Å²) in [5.74, 6) is 0. The maximum absolute atomic E-state index is 8.73. The van der Waals surface area contributed by atoms with E-state index in [1.807, 2.05) is 0 Å². The van der Waals surface area contributed by atoms with Crippen molar-refractivity contribution in [3.8, 4) is 0 Å². The maximum Gasteiger partial charge on any atom is 0.490 e.